The molecule has 0 saturated carbocycles. The largest absolute Gasteiger partial charge is 0.341 e. The summed E-state index contributed by atoms with van der Waals surface area (Å²) in [6.07, 6.45) is 7.79. The van der Waals surface area contributed by atoms with Crippen LogP contribution in [-0.4, -0.2) is 84.4 Å². The number of likely N-dealkylation sites (tertiary alicyclic amines) is 2. The maximum atomic E-state index is 13.6. The highest BCUT2D eigenvalue weighted by Gasteiger charge is 2.39. The van der Waals surface area contributed by atoms with Gasteiger partial charge in [-0.2, -0.15) is 0 Å². The van der Waals surface area contributed by atoms with Crippen molar-refractivity contribution in [1.82, 2.24) is 20.0 Å². The number of hydrogen-bond acceptors (Lipinski definition) is 4. The van der Waals surface area contributed by atoms with E-state index < -0.39 is 0 Å². The van der Waals surface area contributed by atoms with Crippen molar-refractivity contribution < 1.29 is 9.59 Å². The Morgan fingerprint density at radius 1 is 1.00 bits per heavy atom. The minimum Gasteiger partial charge on any atom is -0.341 e. The minimum atomic E-state index is -0.301. The molecule has 0 aromatic rings. The molecule has 6 nitrogen and oxygen atoms in total. The molecule has 3 fully saturated rings. The molecule has 0 aliphatic carbocycles. The number of piperazine rings is 1. The zero-order valence-electron chi connectivity index (χ0n) is 20.4. The normalized spacial score (nSPS) is 25.1. The highest BCUT2D eigenvalue weighted by molar-refractivity contribution is 5.90. The van der Waals surface area contributed by atoms with Gasteiger partial charge in [-0.25, -0.2) is 0 Å². The lowest BCUT2D eigenvalue weighted by molar-refractivity contribution is -0.150. The fraction of sp³-hybridized carbons (Fsp3) is 0.920. The third kappa shape index (κ3) is 6.92. The summed E-state index contributed by atoms with van der Waals surface area (Å²) < 4.78 is 0. The average molecular weight is 435 g/mol. The summed E-state index contributed by atoms with van der Waals surface area (Å²) in [5.74, 6) is 1.90. The molecule has 0 radical (unpaired) electrons. The van der Waals surface area contributed by atoms with Crippen LogP contribution in [0.1, 0.15) is 72.6 Å². The van der Waals surface area contributed by atoms with Crippen molar-refractivity contribution in [3.8, 4) is 0 Å². The van der Waals surface area contributed by atoms with E-state index in [-0.39, 0.29) is 23.9 Å². The molecule has 1 N–H and O–H groups in total. The smallest absolute Gasteiger partial charge is 0.245 e. The SMILES string of the molecule is CC(C)CC(C(=O)N1CCC(CCN2CCCC2)CC1)N1CCN[C@@H](CC(C)C)C1=O. The summed E-state index contributed by atoms with van der Waals surface area (Å²) in [6.45, 7) is 15.5. The number of carbonyl (C=O) groups is 2. The molecule has 31 heavy (non-hydrogen) atoms. The maximum absolute atomic E-state index is 13.6. The van der Waals surface area contributed by atoms with Crippen LogP contribution in [0, 0.1) is 17.8 Å². The van der Waals surface area contributed by atoms with Gasteiger partial charge in [-0.05, 0) is 82.3 Å². The molecule has 178 valence electrons. The van der Waals surface area contributed by atoms with Crippen molar-refractivity contribution in [2.24, 2.45) is 17.8 Å². The number of nitrogens with zero attached hydrogens (tertiary/aromatic N) is 3. The van der Waals surface area contributed by atoms with Crippen molar-refractivity contribution >= 4 is 11.8 Å². The summed E-state index contributed by atoms with van der Waals surface area (Å²) in [6, 6.07) is -0.446. The fourth-order valence-electron chi connectivity index (χ4n) is 5.55. The van der Waals surface area contributed by atoms with Crippen LogP contribution in [0.25, 0.3) is 0 Å². The topological polar surface area (TPSA) is 55.9 Å². The Bertz CT molecular complexity index is 580. The van der Waals surface area contributed by atoms with Gasteiger partial charge in [0, 0.05) is 26.2 Å². The molecule has 0 spiro atoms. The van der Waals surface area contributed by atoms with E-state index in [1.165, 1.54) is 38.9 Å². The van der Waals surface area contributed by atoms with Crippen LogP contribution in [0.4, 0.5) is 0 Å². The third-order valence-electron chi connectivity index (χ3n) is 7.37. The van der Waals surface area contributed by atoms with Crippen LogP contribution in [-0.2, 0) is 9.59 Å². The highest BCUT2D eigenvalue weighted by Crippen LogP contribution is 2.25. The van der Waals surface area contributed by atoms with Gasteiger partial charge in [0.1, 0.15) is 6.04 Å². The Balaban J connectivity index is 1.56. The lowest BCUT2D eigenvalue weighted by atomic mass is 9.91. The number of carbonyl (C=O) groups excluding carboxylic acids is 2. The van der Waals surface area contributed by atoms with Crippen LogP contribution in [0.5, 0.6) is 0 Å². The first kappa shape index (κ1) is 24.5. The van der Waals surface area contributed by atoms with E-state index in [2.05, 4.69) is 42.8 Å². The summed E-state index contributed by atoms with van der Waals surface area (Å²) in [7, 11) is 0. The number of rotatable bonds is 9. The molecule has 1 unspecified atom stereocenters. The van der Waals surface area contributed by atoms with Gasteiger partial charge in [-0.1, -0.05) is 27.7 Å². The van der Waals surface area contributed by atoms with Gasteiger partial charge < -0.3 is 20.0 Å². The lowest BCUT2D eigenvalue weighted by Gasteiger charge is -2.42. The van der Waals surface area contributed by atoms with Crippen LogP contribution in [0.3, 0.4) is 0 Å². The first-order chi connectivity index (χ1) is 14.8. The molecule has 6 heteroatoms. The van der Waals surface area contributed by atoms with Crippen LogP contribution in [0.2, 0.25) is 0 Å². The second-order valence-corrected chi connectivity index (χ2v) is 10.9. The zero-order chi connectivity index (χ0) is 22.4. The number of amides is 2. The van der Waals surface area contributed by atoms with E-state index in [9.17, 15) is 9.59 Å². The van der Waals surface area contributed by atoms with Crippen molar-refractivity contribution in [1.29, 1.82) is 0 Å². The fourth-order valence-corrected chi connectivity index (χ4v) is 5.55. The Labute approximate surface area is 190 Å². The molecular weight excluding hydrogens is 388 g/mol. The second-order valence-electron chi connectivity index (χ2n) is 10.9. The molecule has 2 atom stereocenters. The van der Waals surface area contributed by atoms with E-state index in [1.807, 2.05) is 4.90 Å². The van der Waals surface area contributed by atoms with Crippen molar-refractivity contribution in [3.63, 3.8) is 0 Å². The summed E-state index contributed by atoms with van der Waals surface area (Å²) >= 11 is 0. The van der Waals surface area contributed by atoms with Crippen molar-refractivity contribution in [2.45, 2.75) is 84.7 Å². The van der Waals surface area contributed by atoms with Gasteiger partial charge in [-0.3, -0.25) is 9.59 Å². The quantitative estimate of drug-likeness (QED) is 0.606. The molecule has 3 saturated heterocycles. The Morgan fingerprint density at radius 3 is 2.29 bits per heavy atom. The Kier molecular flexibility index (Phi) is 9.20. The minimum absolute atomic E-state index is 0.124. The predicted molar refractivity (Wildman–Crippen MR) is 126 cm³/mol. The Morgan fingerprint density at radius 2 is 1.68 bits per heavy atom. The predicted octanol–water partition coefficient (Wildman–Crippen LogP) is 2.97. The Hall–Kier alpha value is -1.14. The van der Waals surface area contributed by atoms with E-state index in [1.54, 1.807) is 0 Å². The van der Waals surface area contributed by atoms with Crippen LogP contribution < -0.4 is 5.32 Å². The van der Waals surface area contributed by atoms with Crippen LogP contribution in [0.15, 0.2) is 0 Å². The molecule has 3 heterocycles. The van der Waals surface area contributed by atoms with Crippen molar-refractivity contribution in [2.75, 3.05) is 45.8 Å². The van der Waals surface area contributed by atoms with Gasteiger partial charge in [0.15, 0.2) is 0 Å². The summed E-state index contributed by atoms with van der Waals surface area (Å²) in [5.41, 5.74) is 0. The van der Waals surface area contributed by atoms with Gasteiger partial charge >= 0.3 is 0 Å². The molecular formula is C25H46N4O2. The van der Waals surface area contributed by atoms with Gasteiger partial charge in [0.2, 0.25) is 11.8 Å². The number of nitrogens with one attached hydrogen (secondary N) is 1. The first-order valence-electron chi connectivity index (χ1n) is 12.9. The zero-order valence-corrected chi connectivity index (χ0v) is 20.4. The van der Waals surface area contributed by atoms with E-state index in [0.29, 0.717) is 18.4 Å². The van der Waals surface area contributed by atoms with Gasteiger partial charge in [0.25, 0.3) is 0 Å². The molecule has 0 aromatic heterocycles. The number of piperidine rings is 1. The van der Waals surface area contributed by atoms with Crippen LogP contribution >= 0.6 is 0 Å². The molecule has 3 rings (SSSR count). The summed E-state index contributed by atoms with van der Waals surface area (Å²) in [5, 5.41) is 3.38. The maximum Gasteiger partial charge on any atom is 0.245 e. The highest BCUT2D eigenvalue weighted by atomic mass is 16.2. The standard InChI is InChI=1S/C25H46N4O2/c1-19(2)17-22-24(30)29(16-10-26-22)23(18-20(3)4)25(31)28-14-8-21(9-15-28)7-13-27-11-5-6-12-27/h19-23,26H,5-18H2,1-4H3/t22-,23?/m0/s1. The average Bonchev–Trinajstić information content (AvgIpc) is 3.25. The van der Waals surface area contributed by atoms with E-state index in [4.69, 9.17) is 0 Å². The third-order valence-corrected chi connectivity index (χ3v) is 7.37. The first-order valence-corrected chi connectivity index (χ1v) is 12.9. The number of hydrogen-bond donors (Lipinski definition) is 1. The monoisotopic (exact) mass is 434 g/mol. The second kappa shape index (κ2) is 11.6. The summed E-state index contributed by atoms with van der Waals surface area (Å²) in [4.78, 5) is 33.4. The van der Waals surface area contributed by atoms with Crippen molar-refractivity contribution in [3.05, 3.63) is 0 Å². The molecule has 2 amide bonds. The molecule has 0 aromatic carbocycles. The van der Waals surface area contributed by atoms with E-state index in [0.717, 1.165) is 51.2 Å². The molecule has 0 bridgehead atoms. The molecule has 3 aliphatic rings. The van der Waals surface area contributed by atoms with E-state index >= 15 is 0 Å². The van der Waals surface area contributed by atoms with Gasteiger partial charge in [-0.15, -0.1) is 0 Å². The van der Waals surface area contributed by atoms with Gasteiger partial charge in [0.05, 0.1) is 6.04 Å². The lowest BCUT2D eigenvalue weighted by Crippen LogP contribution is -2.62. The molecule has 3 aliphatic heterocycles.